The van der Waals surface area contributed by atoms with Gasteiger partial charge in [0.15, 0.2) is 33.8 Å². The third kappa shape index (κ3) is 7.38. The molecular weight excluding hydrogens is 542 g/mol. The molecule has 1 fully saturated rings. The lowest BCUT2D eigenvalue weighted by Crippen LogP contribution is -2.34. The number of nitrogens with zero attached hydrogens (tertiary/aromatic N) is 1. The van der Waals surface area contributed by atoms with Crippen molar-refractivity contribution in [3.8, 4) is 5.75 Å². The molecule has 188 valence electrons. The fraction of sp³-hybridized carbons (Fsp3) is 0.476. The number of carbonyl (C=O) groups excluding carboxylic acids is 3. The SMILES string of the molecule is CCN(CC)C(=O)COc1c(S(=O)(=O)CC)ccc(C(O)=C2C(=O)CCCC2=O)c1Cl.S=S=S. The Morgan fingerprint density at radius 3 is 2.15 bits per heavy atom. The van der Waals surface area contributed by atoms with Crippen molar-refractivity contribution in [2.45, 2.75) is 44.9 Å². The smallest absolute Gasteiger partial charge is 0.260 e. The quantitative estimate of drug-likeness (QED) is 0.287. The molecule has 8 nitrogen and oxygen atoms in total. The fourth-order valence-electron chi connectivity index (χ4n) is 3.27. The van der Waals surface area contributed by atoms with E-state index in [1.807, 2.05) is 0 Å². The van der Waals surface area contributed by atoms with E-state index in [0.717, 1.165) is 8.88 Å². The van der Waals surface area contributed by atoms with Crippen molar-refractivity contribution in [2.24, 2.45) is 0 Å². The van der Waals surface area contributed by atoms with Gasteiger partial charge in [0.05, 0.1) is 10.8 Å². The van der Waals surface area contributed by atoms with Crippen LogP contribution in [-0.2, 0) is 55.5 Å². The van der Waals surface area contributed by atoms with Crippen LogP contribution < -0.4 is 4.74 Å². The van der Waals surface area contributed by atoms with Crippen LogP contribution in [0, 0.1) is 0 Å². The highest BCUT2D eigenvalue weighted by Crippen LogP contribution is 2.39. The minimum atomic E-state index is -3.79. The highest BCUT2D eigenvalue weighted by molar-refractivity contribution is 8.37. The van der Waals surface area contributed by atoms with Crippen LogP contribution in [0.1, 0.15) is 45.6 Å². The molecule has 1 aromatic rings. The number of hydrogen-bond acceptors (Lipinski definition) is 9. The molecule has 0 unspecified atom stereocenters. The number of sulfone groups is 1. The summed E-state index contributed by atoms with van der Waals surface area (Å²) >= 11 is 14.6. The molecule has 13 heteroatoms. The number of amides is 1. The van der Waals surface area contributed by atoms with E-state index in [2.05, 4.69) is 22.4 Å². The van der Waals surface area contributed by atoms with Crippen molar-refractivity contribution in [1.29, 1.82) is 0 Å². The van der Waals surface area contributed by atoms with Gasteiger partial charge in [-0.2, -0.15) is 0 Å². The van der Waals surface area contributed by atoms with Crippen LogP contribution in [0.15, 0.2) is 22.6 Å². The largest absolute Gasteiger partial charge is 0.506 e. The van der Waals surface area contributed by atoms with E-state index in [0.29, 0.717) is 19.5 Å². The maximum absolute atomic E-state index is 12.5. The van der Waals surface area contributed by atoms with E-state index in [4.69, 9.17) is 16.3 Å². The van der Waals surface area contributed by atoms with Crippen molar-refractivity contribution < 1.29 is 32.6 Å². The Kier molecular flexibility index (Phi) is 12.5. The van der Waals surface area contributed by atoms with Crippen LogP contribution in [-0.4, -0.2) is 61.3 Å². The number of ether oxygens (including phenoxy) is 1. The van der Waals surface area contributed by atoms with Crippen molar-refractivity contribution in [2.75, 3.05) is 25.4 Å². The molecule has 1 aromatic carbocycles. The van der Waals surface area contributed by atoms with E-state index >= 15 is 0 Å². The molecule has 1 N–H and O–H groups in total. The first-order valence-electron chi connectivity index (χ1n) is 10.4. The zero-order valence-electron chi connectivity index (χ0n) is 19.0. The summed E-state index contributed by atoms with van der Waals surface area (Å²) in [6.07, 6.45) is 0.636. The van der Waals surface area contributed by atoms with Gasteiger partial charge in [0, 0.05) is 62.8 Å². The molecule has 2 rings (SSSR count). The van der Waals surface area contributed by atoms with Crippen LogP contribution in [0.25, 0.3) is 5.76 Å². The van der Waals surface area contributed by atoms with E-state index in [1.54, 1.807) is 13.8 Å². The number of likely N-dealkylation sites (N-methyl/N-ethyl adjacent to an activating group) is 1. The lowest BCUT2D eigenvalue weighted by Gasteiger charge is -2.21. The van der Waals surface area contributed by atoms with Gasteiger partial charge in [-0.05, 0) is 32.4 Å². The number of benzene rings is 1. The maximum atomic E-state index is 12.5. The number of aliphatic hydroxyl groups excluding tert-OH is 1. The lowest BCUT2D eigenvalue weighted by molar-refractivity contribution is -0.133. The van der Waals surface area contributed by atoms with Gasteiger partial charge in [-0.1, -0.05) is 18.5 Å². The molecule has 0 saturated heterocycles. The number of hydrogen-bond donors (Lipinski definition) is 1. The standard InChI is InChI=1S/C21H26ClNO7S.S3/c1-4-23(5-2)17(26)12-30-21-16(31(28,29)6-3)11-10-13(19(21)22)20(27)18-14(24)8-7-9-15(18)25;1-3-2/h10-11,27H,4-9,12H2,1-3H3;. The molecule has 1 aliphatic carbocycles. The van der Waals surface area contributed by atoms with Crippen molar-refractivity contribution in [3.63, 3.8) is 0 Å². The van der Waals surface area contributed by atoms with Crippen LogP contribution in [0.4, 0.5) is 0 Å². The number of halogens is 1. The van der Waals surface area contributed by atoms with Crippen LogP contribution in [0.5, 0.6) is 5.75 Å². The van der Waals surface area contributed by atoms with Crippen LogP contribution in [0.3, 0.4) is 0 Å². The molecule has 1 saturated carbocycles. The summed E-state index contributed by atoms with van der Waals surface area (Å²) in [4.78, 5) is 38.0. The molecule has 0 bridgehead atoms. The Morgan fingerprint density at radius 1 is 1.15 bits per heavy atom. The van der Waals surface area contributed by atoms with Gasteiger partial charge in [0.2, 0.25) is 0 Å². The third-order valence-electron chi connectivity index (χ3n) is 5.09. The summed E-state index contributed by atoms with van der Waals surface area (Å²) in [6.45, 7) is 5.47. The zero-order chi connectivity index (χ0) is 26.1. The minimum absolute atomic E-state index is 0.111. The summed E-state index contributed by atoms with van der Waals surface area (Å²) < 4.78 is 30.6. The van der Waals surface area contributed by atoms with Crippen molar-refractivity contribution in [1.82, 2.24) is 4.90 Å². The summed E-state index contributed by atoms with van der Waals surface area (Å²) in [6, 6.07) is 2.41. The molecule has 1 aliphatic rings. The highest BCUT2D eigenvalue weighted by atomic mass is 35.5. The number of allylic oxidation sites excluding steroid dienone is 1. The van der Waals surface area contributed by atoms with Gasteiger partial charge in [0.25, 0.3) is 5.91 Å². The number of carbonyl (C=O) groups is 3. The van der Waals surface area contributed by atoms with Crippen molar-refractivity contribution in [3.05, 3.63) is 28.3 Å². The average molecular weight is 568 g/mol. The van der Waals surface area contributed by atoms with E-state index in [9.17, 15) is 27.9 Å². The molecular formula is C21H26ClNO7S4. The van der Waals surface area contributed by atoms with Gasteiger partial charge >= 0.3 is 0 Å². The van der Waals surface area contributed by atoms with Crippen LogP contribution in [0.2, 0.25) is 5.02 Å². The number of rotatable bonds is 8. The molecule has 0 atom stereocenters. The van der Waals surface area contributed by atoms with E-state index < -0.39 is 33.8 Å². The zero-order valence-corrected chi connectivity index (χ0v) is 23.0. The molecule has 0 heterocycles. The number of ketones is 2. The predicted octanol–water partition coefficient (Wildman–Crippen LogP) is 2.96. The summed E-state index contributed by atoms with van der Waals surface area (Å²) in [7, 11) is -2.87. The second kappa shape index (κ2) is 14.0. The number of Topliss-reactive ketones (excluding diaryl/α,β-unsaturated/α-hetero) is 2. The highest BCUT2D eigenvalue weighted by Gasteiger charge is 2.31. The summed E-state index contributed by atoms with van der Waals surface area (Å²) in [5.74, 6) is -2.55. The van der Waals surface area contributed by atoms with Gasteiger partial charge < -0.3 is 14.7 Å². The first-order chi connectivity index (χ1) is 16.0. The average Bonchev–Trinajstić information content (AvgIpc) is 2.79. The minimum Gasteiger partial charge on any atom is -0.506 e. The molecule has 0 aliphatic heterocycles. The maximum Gasteiger partial charge on any atom is 0.260 e. The molecule has 34 heavy (non-hydrogen) atoms. The first-order valence-corrected chi connectivity index (χ1v) is 15.1. The van der Waals surface area contributed by atoms with E-state index in [1.165, 1.54) is 24.0 Å². The Labute approximate surface area is 217 Å². The van der Waals surface area contributed by atoms with Gasteiger partial charge in [-0.3, -0.25) is 14.4 Å². The van der Waals surface area contributed by atoms with E-state index in [-0.39, 0.29) is 51.3 Å². The first kappa shape index (κ1) is 30.3. The van der Waals surface area contributed by atoms with Gasteiger partial charge in [-0.25, -0.2) is 8.42 Å². The second-order valence-corrected chi connectivity index (χ2v) is 11.4. The fourth-order valence-corrected chi connectivity index (χ4v) is 4.67. The summed E-state index contributed by atoms with van der Waals surface area (Å²) in [5.41, 5.74) is -0.468. The lowest BCUT2D eigenvalue weighted by atomic mass is 9.90. The van der Waals surface area contributed by atoms with Crippen LogP contribution >= 0.6 is 11.6 Å². The summed E-state index contributed by atoms with van der Waals surface area (Å²) in [5, 5.41) is 10.4. The molecule has 0 aromatic heterocycles. The predicted molar refractivity (Wildman–Crippen MR) is 138 cm³/mol. The monoisotopic (exact) mass is 567 g/mol. The topological polar surface area (TPSA) is 118 Å². The molecule has 1 amide bonds. The Morgan fingerprint density at radius 2 is 1.68 bits per heavy atom. The Balaban J connectivity index is 0.00000182. The molecule has 0 spiro atoms. The Hall–Kier alpha value is -1.73. The Bertz CT molecular complexity index is 1100. The molecule has 0 radical (unpaired) electrons. The van der Waals surface area contributed by atoms with Gasteiger partial charge in [-0.15, -0.1) is 0 Å². The van der Waals surface area contributed by atoms with Gasteiger partial charge in [0.1, 0.15) is 16.2 Å². The third-order valence-corrected chi connectivity index (χ3v) is 7.22. The van der Waals surface area contributed by atoms with Crippen molar-refractivity contribution >= 4 is 75.9 Å². The normalized spacial score (nSPS) is 13.6. The number of aliphatic hydroxyl groups is 1. The second-order valence-electron chi connectivity index (χ2n) is 7.00.